The van der Waals surface area contributed by atoms with Gasteiger partial charge in [-0.2, -0.15) is 0 Å². The molecular formula is C26H28FN3O2. The van der Waals surface area contributed by atoms with E-state index in [1.54, 1.807) is 12.1 Å². The van der Waals surface area contributed by atoms with Crippen LogP contribution >= 0.6 is 0 Å². The first-order valence-corrected chi connectivity index (χ1v) is 10.9. The normalized spacial score (nSPS) is 16.1. The van der Waals surface area contributed by atoms with Crippen LogP contribution in [0.15, 0.2) is 60.8 Å². The van der Waals surface area contributed by atoms with Gasteiger partial charge in [-0.1, -0.05) is 24.3 Å². The summed E-state index contributed by atoms with van der Waals surface area (Å²) in [6, 6.07) is 16.9. The molecule has 1 atom stereocenters. The summed E-state index contributed by atoms with van der Waals surface area (Å²) in [6.45, 7) is 7.07. The quantitative estimate of drug-likeness (QED) is 0.631. The Morgan fingerprint density at radius 3 is 2.69 bits per heavy atom. The van der Waals surface area contributed by atoms with E-state index >= 15 is 0 Å². The minimum Gasteiger partial charge on any atom is -0.377 e. The topological polar surface area (TPSA) is 54.5 Å². The zero-order chi connectivity index (χ0) is 22.5. The van der Waals surface area contributed by atoms with Gasteiger partial charge in [0, 0.05) is 42.3 Å². The molecule has 1 aliphatic rings. The number of pyridine rings is 1. The number of anilines is 1. The first-order valence-electron chi connectivity index (χ1n) is 10.9. The van der Waals surface area contributed by atoms with Crippen LogP contribution in [0.5, 0.6) is 0 Å². The van der Waals surface area contributed by atoms with Gasteiger partial charge in [0.25, 0.3) is 0 Å². The number of hydrogen-bond acceptors (Lipinski definition) is 4. The maximum atomic E-state index is 13.0. The van der Waals surface area contributed by atoms with Crippen molar-refractivity contribution in [2.45, 2.75) is 32.9 Å². The molecule has 2 aromatic carbocycles. The van der Waals surface area contributed by atoms with E-state index in [1.165, 1.54) is 23.4 Å². The molecule has 32 heavy (non-hydrogen) atoms. The molecule has 0 radical (unpaired) electrons. The van der Waals surface area contributed by atoms with Gasteiger partial charge in [0.1, 0.15) is 5.82 Å². The fourth-order valence-corrected chi connectivity index (χ4v) is 3.98. The van der Waals surface area contributed by atoms with E-state index in [0.29, 0.717) is 18.3 Å². The Bertz CT molecular complexity index is 1070. The lowest BCUT2D eigenvalue weighted by atomic mass is 10.00. The van der Waals surface area contributed by atoms with Gasteiger partial charge < -0.3 is 15.0 Å². The fourth-order valence-electron chi connectivity index (χ4n) is 3.98. The lowest BCUT2D eigenvalue weighted by molar-refractivity contribution is -0.120. The maximum Gasteiger partial charge on any atom is 0.226 e. The van der Waals surface area contributed by atoms with Crippen LogP contribution in [0, 0.1) is 12.7 Å². The Morgan fingerprint density at radius 2 is 2.00 bits per heavy atom. The molecule has 0 bridgehead atoms. The Labute approximate surface area is 188 Å². The third-order valence-corrected chi connectivity index (χ3v) is 5.79. The summed E-state index contributed by atoms with van der Waals surface area (Å²) < 4.78 is 18.5. The van der Waals surface area contributed by atoms with Crippen molar-refractivity contribution >= 4 is 11.6 Å². The summed E-state index contributed by atoms with van der Waals surface area (Å²) in [5.41, 5.74) is 6.13. The van der Waals surface area contributed by atoms with Crippen molar-refractivity contribution in [1.82, 2.24) is 10.3 Å². The van der Waals surface area contributed by atoms with Crippen molar-refractivity contribution in [3.8, 4) is 11.1 Å². The molecule has 5 nitrogen and oxygen atoms in total. The summed E-state index contributed by atoms with van der Waals surface area (Å²) in [5, 5.41) is 2.85. The largest absolute Gasteiger partial charge is 0.377 e. The summed E-state index contributed by atoms with van der Waals surface area (Å²) in [5.74, 6) is -0.403. The van der Waals surface area contributed by atoms with Gasteiger partial charge in [-0.3, -0.25) is 9.78 Å². The summed E-state index contributed by atoms with van der Waals surface area (Å²) in [4.78, 5) is 19.1. The smallest absolute Gasteiger partial charge is 0.226 e. The van der Waals surface area contributed by atoms with Crippen molar-refractivity contribution in [2.24, 2.45) is 0 Å². The summed E-state index contributed by atoms with van der Waals surface area (Å²) >= 11 is 0. The maximum absolute atomic E-state index is 13.0. The molecule has 1 N–H and O–H groups in total. The van der Waals surface area contributed by atoms with E-state index in [0.717, 1.165) is 36.4 Å². The Kier molecular flexibility index (Phi) is 6.81. The van der Waals surface area contributed by atoms with Crippen molar-refractivity contribution in [2.75, 3.05) is 24.7 Å². The number of aryl methyl sites for hydroxylation is 1. The number of nitrogens with zero attached hydrogens (tertiary/aromatic N) is 2. The predicted octanol–water partition coefficient (Wildman–Crippen LogP) is 4.28. The zero-order valence-corrected chi connectivity index (χ0v) is 18.5. The number of halogens is 1. The molecule has 6 heteroatoms. The van der Waals surface area contributed by atoms with Gasteiger partial charge in [0.15, 0.2) is 0 Å². The highest BCUT2D eigenvalue weighted by Crippen LogP contribution is 2.28. The Hall–Kier alpha value is -3.25. The minimum absolute atomic E-state index is 0.116. The van der Waals surface area contributed by atoms with Gasteiger partial charge in [0.2, 0.25) is 5.91 Å². The lowest BCUT2D eigenvalue weighted by Crippen LogP contribution is -2.43. The molecule has 1 aromatic heterocycles. The molecular weight excluding hydrogens is 405 g/mol. The van der Waals surface area contributed by atoms with Crippen molar-refractivity contribution in [3.63, 3.8) is 0 Å². The minimum atomic E-state index is -0.287. The highest BCUT2D eigenvalue weighted by Gasteiger charge is 2.19. The van der Waals surface area contributed by atoms with Crippen molar-refractivity contribution < 1.29 is 13.9 Å². The molecule has 1 fully saturated rings. The van der Waals surface area contributed by atoms with E-state index in [9.17, 15) is 9.18 Å². The van der Waals surface area contributed by atoms with Crippen LogP contribution in [0.2, 0.25) is 0 Å². The van der Waals surface area contributed by atoms with Crippen molar-refractivity contribution in [1.29, 1.82) is 0 Å². The molecule has 0 spiro atoms. The van der Waals surface area contributed by atoms with Crippen LogP contribution in [0.4, 0.5) is 10.1 Å². The number of carbonyl (C=O) groups is 1. The number of aromatic nitrogens is 1. The van der Waals surface area contributed by atoms with Gasteiger partial charge >= 0.3 is 0 Å². The van der Waals surface area contributed by atoms with Crippen molar-refractivity contribution in [3.05, 3.63) is 83.4 Å². The first kappa shape index (κ1) is 22.0. The number of rotatable bonds is 6. The molecule has 4 rings (SSSR count). The van der Waals surface area contributed by atoms with E-state index in [4.69, 9.17) is 4.74 Å². The Balaban J connectivity index is 1.37. The number of ether oxygens (including phenoxy) is 1. The number of hydrogen-bond donors (Lipinski definition) is 1. The van der Waals surface area contributed by atoms with Gasteiger partial charge in [-0.15, -0.1) is 0 Å². The second-order valence-electron chi connectivity index (χ2n) is 8.23. The van der Waals surface area contributed by atoms with Crippen LogP contribution in [-0.2, 0) is 22.5 Å². The zero-order valence-electron chi connectivity index (χ0n) is 18.5. The molecule has 1 saturated heterocycles. The number of benzene rings is 2. The average Bonchev–Trinajstić information content (AvgIpc) is 2.80. The highest BCUT2D eigenvalue weighted by atomic mass is 19.1. The molecule has 166 valence electrons. The fraction of sp³-hybridized carbons (Fsp3) is 0.308. The molecule has 0 saturated carbocycles. The third-order valence-electron chi connectivity index (χ3n) is 5.79. The molecule has 2 heterocycles. The molecule has 0 aliphatic carbocycles. The van der Waals surface area contributed by atoms with Crippen LogP contribution in [0.1, 0.15) is 23.7 Å². The molecule has 1 aliphatic heterocycles. The third kappa shape index (κ3) is 5.32. The SMILES string of the molecule is Cc1cc(N2CCOC[C@@H]2C)ccc1-c1ccc(CC(=O)NCc2ccc(F)cc2)nc1. The van der Waals surface area contributed by atoms with Gasteiger partial charge in [-0.05, 0) is 60.9 Å². The highest BCUT2D eigenvalue weighted by molar-refractivity contribution is 5.78. The van der Waals surface area contributed by atoms with E-state index < -0.39 is 0 Å². The average molecular weight is 434 g/mol. The van der Waals surface area contributed by atoms with Crippen LogP contribution in [0.25, 0.3) is 11.1 Å². The first-order chi connectivity index (χ1) is 15.5. The van der Waals surface area contributed by atoms with Crippen LogP contribution in [0.3, 0.4) is 0 Å². The predicted molar refractivity (Wildman–Crippen MR) is 124 cm³/mol. The second kappa shape index (κ2) is 9.92. The number of nitrogens with one attached hydrogen (secondary N) is 1. The number of morpholine rings is 1. The molecule has 1 amide bonds. The van der Waals surface area contributed by atoms with E-state index in [1.807, 2.05) is 18.3 Å². The van der Waals surface area contributed by atoms with Crippen LogP contribution < -0.4 is 10.2 Å². The monoisotopic (exact) mass is 433 g/mol. The second-order valence-corrected chi connectivity index (χ2v) is 8.23. The summed E-state index contributed by atoms with van der Waals surface area (Å²) in [6.07, 6.45) is 2.02. The number of amides is 1. The standard InChI is InChI=1S/C26H28FN3O2/c1-18-13-24(30-11-12-32-17-19(30)2)9-10-25(18)21-5-8-23(28-16-21)14-26(31)29-15-20-3-6-22(27)7-4-20/h3-10,13,16,19H,11-12,14-15,17H2,1-2H3,(H,29,31)/t19-/m0/s1. The van der Waals surface area contributed by atoms with E-state index in [-0.39, 0.29) is 18.1 Å². The van der Waals surface area contributed by atoms with Gasteiger partial charge in [0.05, 0.1) is 19.6 Å². The number of carbonyl (C=O) groups excluding carboxylic acids is 1. The lowest BCUT2D eigenvalue weighted by Gasteiger charge is -2.35. The Morgan fingerprint density at radius 1 is 1.19 bits per heavy atom. The van der Waals surface area contributed by atoms with E-state index in [2.05, 4.69) is 47.2 Å². The molecule has 0 unspecified atom stereocenters. The molecule has 3 aromatic rings. The van der Waals surface area contributed by atoms with Crippen LogP contribution in [-0.4, -0.2) is 36.7 Å². The summed E-state index contributed by atoms with van der Waals surface area (Å²) in [7, 11) is 0. The van der Waals surface area contributed by atoms with Gasteiger partial charge in [-0.25, -0.2) is 4.39 Å².